The third kappa shape index (κ3) is 4.74. The number of anilines is 2. The van der Waals surface area contributed by atoms with Gasteiger partial charge >= 0.3 is 0 Å². The Bertz CT molecular complexity index is 1290. The molecular formula is C30H33N3OS. The lowest BCUT2D eigenvalue weighted by molar-refractivity contribution is 0.112. The summed E-state index contributed by atoms with van der Waals surface area (Å²) in [5.41, 5.74) is 8.90. The van der Waals surface area contributed by atoms with Gasteiger partial charge in [-0.25, -0.2) is 4.99 Å². The fourth-order valence-corrected chi connectivity index (χ4v) is 6.23. The van der Waals surface area contributed by atoms with E-state index in [1.807, 2.05) is 6.07 Å². The third-order valence-corrected chi connectivity index (χ3v) is 7.95. The van der Waals surface area contributed by atoms with E-state index in [2.05, 4.69) is 86.0 Å². The molecule has 0 N–H and O–H groups in total. The van der Waals surface area contributed by atoms with E-state index in [9.17, 15) is 4.79 Å². The molecule has 4 nitrogen and oxygen atoms in total. The predicted molar refractivity (Wildman–Crippen MR) is 148 cm³/mol. The number of benzene rings is 3. The van der Waals surface area contributed by atoms with Crippen molar-refractivity contribution in [1.29, 1.82) is 0 Å². The molecule has 2 heterocycles. The molecule has 5 rings (SSSR count). The quantitative estimate of drug-likeness (QED) is 0.364. The lowest BCUT2D eigenvalue weighted by Crippen LogP contribution is -2.47. The molecule has 1 saturated heterocycles. The molecule has 0 saturated carbocycles. The second-order valence-electron chi connectivity index (χ2n) is 9.99. The SMILES string of the molecule is Cc1ccc(N2CCN(c3c(C=O)ccc4c3N=C(CC(C)C)c3ccccc3S4)CC2)c(C)c1. The minimum Gasteiger partial charge on any atom is -0.368 e. The Morgan fingerprint density at radius 1 is 0.943 bits per heavy atom. The summed E-state index contributed by atoms with van der Waals surface area (Å²) < 4.78 is 0. The van der Waals surface area contributed by atoms with Crippen LogP contribution < -0.4 is 9.80 Å². The average Bonchev–Trinajstić information content (AvgIpc) is 3.00. The number of nitrogens with zero attached hydrogens (tertiary/aromatic N) is 3. The van der Waals surface area contributed by atoms with Crippen LogP contribution in [0.5, 0.6) is 0 Å². The molecule has 0 spiro atoms. The zero-order valence-corrected chi connectivity index (χ0v) is 21.9. The Kier molecular flexibility index (Phi) is 6.70. The van der Waals surface area contributed by atoms with Crippen LogP contribution in [0.25, 0.3) is 0 Å². The maximum absolute atomic E-state index is 12.2. The van der Waals surface area contributed by atoms with Gasteiger partial charge in [0.25, 0.3) is 0 Å². The molecule has 3 aromatic rings. The monoisotopic (exact) mass is 483 g/mol. The van der Waals surface area contributed by atoms with Gasteiger partial charge in [-0.15, -0.1) is 0 Å². The number of piperazine rings is 1. The zero-order valence-electron chi connectivity index (χ0n) is 21.0. The molecule has 35 heavy (non-hydrogen) atoms. The summed E-state index contributed by atoms with van der Waals surface area (Å²) in [6, 6.07) is 19.3. The standard InChI is InChI=1S/C30H33N3OS/c1-20(2)17-25-24-7-5-6-8-27(24)35-28-12-10-23(19-34)30(29(28)31-25)33-15-13-32(14-16-33)26-11-9-21(3)18-22(26)4/h5-12,18-20H,13-17H2,1-4H3. The van der Waals surface area contributed by atoms with Crippen LogP contribution in [-0.2, 0) is 0 Å². The van der Waals surface area contributed by atoms with Crippen molar-refractivity contribution in [3.8, 4) is 0 Å². The van der Waals surface area contributed by atoms with Crippen molar-refractivity contribution in [2.24, 2.45) is 10.9 Å². The van der Waals surface area contributed by atoms with Gasteiger partial charge < -0.3 is 9.80 Å². The normalized spacial score (nSPS) is 15.4. The Morgan fingerprint density at radius 3 is 2.40 bits per heavy atom. The van der Waals surface area contributed by atoms with Gasteiger partial charge in [0.2, 0.25) is 0 Å². The number of aldehydes is 1. The molecule has 1 fully saturated rings. The predicted octanol–water partition coefficient (Wildman–Crippen LogP) is 7.07. The summed E-state index contributed by atoms with van der Waals surface area (Å²) in [4.78, 5) is 24.7. The molecular weight excluding hydrogens is 450 g/mol. The number of carbonyl (C=O) groups is 1. The number of aryl methyl sites for hydroxylation is 2. The molecule has 2 aliphatic rings. The zero-order chi connectivity index (χ0) is 24.5. The molecule has 0 radical (unpaired) electrons. The smallest absolute Gasteiger partial charge is 0.152 e. The Labute approximate surface area is 213 Å². The molecule has 5 heteroatoms. The van der Waals surface area contributed by atoms with Crippen LogP contribution in [0.3, 0.4) is 0 Å². The van der Waals surface area contributed by atoms with Crippen LogP contribution in [0.2, 0.25) is 0 Å². The second kappa shape index (κ2) is 9.90. The highest BCUT2D eigenvalue weighted by Gasteiger charge is 2.27. The fourth-order valence-electron chi connectivity index (χ4n) is 5.18. The van der Waals surface area contributed by atoms with Crippen LogP contribution in [0.15, 0.2) is 69.4 Å². The maximum Gasteiger partial charge on any atom is 0.152 e. The number of hydrogen-bond donors (Lipinski definition) is 0. The summed E-state index contributed by atoms with van der Waals surface area (Å²) in [6.07, 6.45) is 1.90. The van der Waals surface area contributed by atoms with Gasteiger partial charge in [0, 0.05) is 58.5 Å². The van der Waals surface area contributed by atoms with E-state index in [0.717, 1.165) is 66.4 Å². The summed E-state index contributed by atoms with van der Waals surface area (Å²) in [7, 11) is 0. The number of carbonyl (C=O) groups excluding carboxylic acids is 1. The van der Waals surface area contributed by atoms with Crippen LogP contribution in [0.4, 0.5) is 17.1 Å². The molecule has 0 amide bonds. The number of fused-ring (bicyclic) bond motifs is 2. The average molecular weight is 484 g/mol. The molecule has 0 atom stereocenters. The van der Waals surface area contributed by atoms with Crippen molar-refractivity contribution >= 4 is 40.8 Å². The highest BCUT2D eigenvalue weighted by Crippen LogP contribution is 2.47. The first-order valence-corrected chi connectivity index (χ1v) is 13.3. The summed E-state index contributed by atoms with van der Waals surface area (Å²) >= 11 is 1.76. The van der Waals surface area contributed by atoms with Crippen LogP contribution in [0.1, 0.15) is 47.3 Å². The van der Waals surface area contributed by atoms with E-state index in [1.54, 1.807) is 11.8 Å². The molecule has 0 bridgehead atoms. The molecule has 180 valence electrons. The van der Waals surface area contributed by atoms with Crippen LogP contribution in [-0.4, -0.2) is 38.2 Å². The number of rotatable bonds is 5. The summed E-state index contributed by atoms with van der Waals surface area (Å²) in [5.74, 6) is 0.493. The molecule has 0 aromatic heterocycles. The van der Waals surface area contributed by atoms with Crippen molar-refractivity contribution in [2.75, 3.05) is 36.0 Å². The van der Waals surface area contributed by atoms with Gasteiger partial charge in [0.15, 0.2) is 6.29 Å². The van der Waals surface area contributed by atoms with Gasteiger partial charge in [-0.05, 0) is 56.0 Å². The Morgan fingerprint density at radius 2 is 1.69 bits per heavy atom. The van der Waals surface area contributed by atoms with E-state index in [0.29, 0.717) is 5.92 Å². The van der Waals surface area contributed by atoms with E-state index < -0.39 is 0 Å². The van der Waals surface area contributed by atoms with Gasteiger partial charge in [-0.1, -0.05) is 61.5 Å². The van der Waals surface area contributed by atoms with E-state index >= 15 is 0 Å². The summed E-state index contributed by atoms with van der Waals surface area (Å²) in [6.45, 7) is 12.4. The van der Waals surface area contributed by atoms with Gasteiger partial charge in [0.05, 0.1) is 5.69 Å². The van der Waals surface area contributed by atoms with Gasteiger partial charge in [-0.2, -0.15) is 0 Å². The largest absolute Gasteiger partial charge is 0.368 e. The first-order valence-electron chi connectivity index (χ1n) is 12.5. The van der Waals surface area contributed by atoms with Crippen molar-refractivity contribution in [2.45, 2.75) is 43.9 Å². The number of aliphatic imine (C=N–C) groups is 1. The lowest BCUT2D eigenvalue weighted by Gasteiger charge is -2.39. The highest BCUT2D eigenvalue weighted by molar-refractivity contribution is 7.99. The Balaban J connectivity index is 1.52. The minimum atomic E-state index is 0.493. The van der Waals surface area contributed by atoms with E-state index in [1.165, 1.54) is 27.3 Å². The second-order valence-corrected chi connectivity index (χ2v) is 11.1. The fraction of sp³-hybridized carbons (Fsp3) is 0.333. The molecule has 0 unspecified atom stereocenters. The minimum absolute atomic E-state index is 0.493. The molecule has 0 aliphatic carbocycles. The topological polar surface area (TPSA) is 35.9 Å². The van der Waals surface area contributed by atoms with Crippen molar-refractivity contribution < 1.29 is 4.79 Å². The van der Waals surface area contributed by atoms with Crippen molar-refractivity contribution in [3.05, 3.63) is 76.9 Å². The maximum atomic E-state index is 12.2. The first-order chi connectivity index (χ1) is 16.9. The van der Waals surface area contributed by atoms with Crippen LogP contribution in [0, 0.1) is 19.8 Å². The summed E-state index contributed by atoms with van der Waals surface area (Å²) in [5, 5.41) is 0. The van der Waals surface area contributed by atoms with E-state index in [-0.39, 0.29) is 0 Å². The van der Waals surface area contributed by atoms with E-state index in [4.69, 9.17) is 4.99 Å². The van der Waals surface area contributed by atoms with Gasteiger partial charge in [-0.3, -0.25) is 4.79 Å². The molecule has 2 aliphatic heterocycles. The van der Waals surface area contributed by atoms with Crippen molar-refractivity contribution in [1.82, 2.24) is 0 Å². The third-order valence-electron chi connectivity index (χ3n) is 6.83. The highest BCUT2D eigenvalue weighted by atomic mass is 32.2. The molecule has 3 aromatic carbocycles. The van der Waals surface area contributed by atoms with Gasteiger partial charge in [0.1, 0.15) is 5.69 Å². The lowest BCUT2D eigenvalue weighted by atomic mass is 10.00. The first kappa shape index (κ1) is 23.7. The van der Waals surface area contributed by atoms with Crippen molar-refractivity contribution in [3.63, 3.8) is 0 Å². The van der Waals surface area contributed by atoms with Crippen LogP contribution >= 0.6 is 11.8 Å². The number of hydrogen-bond acceptors (Lipinski definition) is 5. The Hall–Kier alpha value is -3.05.